The summed E-state index contributed by atoms with van der Waals surface area (Å²) in [7, 11) is 0. The van der Waals surface area contributed by atoms with Gasteiger partial charge >= 0.3 is 0 Å². The van der Waals surface area contributed by atoms with Crippen LogP contribution >= 0.6 is 0 Å². The Morgan fingerprint density at radius 3 is 3.00 bits per heavy atom. The van der Waals surface area contributed by atoms with Crippen LogP contribution in [0.15, 0.2) is 16.3 Å². The summed E-state index contributed by atoms with van der Waals surface area (Å²) in [6.45, 7) is 1.69. The van der Waals surface area contributed by atoms with Gasteiger partial charge in [0.2, 0.25) is 0 Å². The minimum absolute atomic E-state index is 0.142. The molecule has 0 radical (unpaired) electrons. The van der Waals surface area contributed by atoms with E-state index in [1.54, 1.807) is 0 Å². The fourth-order valence-electron chi connectivity index (χ4n) is 3.15. The van der Waals surface area contributed by atoms with E-state index in [9.17, 15) is 15.0 Å². The lowest BCUT2D eigenvalue weighted by Gasteiger charge is -2.27. The van der Waals surface area contributed by atoms with Crippen molar-refractivity contribution in [3.05, 3.63) is 11.3 Å². The van der Waals surface area contributed by atoms with E-state index in [2.05, 4.69) is 10.3 Å². The number of nitrogens with one attached hydrogen (secondary N) is 1. The maximum absolute atomic E-state index is 11.8. The maximum Gasteiger partial charge on any atom is 0.274 e. The van der Waals surface area contributed by atoms with Crippen LogP contribution in [0.1, 0.15) is 13.3 Å². The highest BCUT2D eigenvalue weighted by molar-refractivity contribution is 6.03. The topological polar surface area (TPSA) is 117 Å². The van der Waals surface area contributed by atoms with Crippen molar-refractivity contribution in [2.24, 2.45) is 22.6 Å². The summed E-state index contributed by atoms with van der Waals surface area (Å²) in [6.07, 6.45) is -0.0139. The molecule has 0 spiro atoms. The zero-order valence-electron chi connectivity index (χ0n) is 11.2. The molecular formula is C13H19N3O4. The molecule has 0 aliphatic carbocycles. The van der Waals surface area contributed by atoms with Crippen molar-refractivity contribution in [2.75, 3.05) is 6.61 Å². The molecule has 0 bridgehead atoms. The summed E-state index contributed by atoms with van der Waals surface area (Å²) in [4.78, 5) is 15.6. The van der Waals surface area contributed by atoms with Crippen molar-refractivity contribution in [1.82, 2.24) is 5.32 Å². The molecule has 3 aliphatic rings. The Hall–Kier alpha value is -1.28. The standard InChI is InChI=1S/C13H19N3O4/c1-5-8(4-17)20-12(11(5)18)7-3-15-13(19)6-2-9(14)16-10(6)7/h3,5,7-9,11-12,16-18H,2,4,14H2,1H3/t5-,7?,8-,9?,11-,12+/m1/s1. The second kappa shape index (κ2) is 4.92. The highest BCUT2D eigenvalue weighted by Gasteiger charge is 2.47. The van der Waals surface area contributed by atoms with Gasteiger partial charge in [-0.15, -0.1) is 0 Å². The second-order valence-corrected chi connectivity index (χ2v) is 5.63. The lowest BCUT2D eigenvalue weighted by Crippen LogP contribution is -2.41. The van der Waals surface area contributed by atoms with Crippen LogP contribution in [-0.4, -0.2) is 53.4 Å². The fraction of sp³-hybridized carbons (Fsp3) is 0.692. The van der Waals surface area contributed by atoms with Gasteiger partial charge in [-0.2, -0.15) is 0 Å². The van der Waals surface area contributed by atoms with Gasteiger partial charge in [0.05, 0.1) is 37.0 Å². The molecule has 5 N–H and O–H groups in total. The van der Waals surface area contributed by atoms with E-state index >= 15 is 0 Å². The molecule has 1 amide bonds. The number of aliphatic hydroxyl groups excluding tert-OH is 2. The van der Waals surface area contributed by atoms with Gasteiger partial charge in [-0.1, -0.05) is 6.92 Å². The number of ether oxygens (including phenoxy) is 1. The third kappa shape index (κ3) is 1.98. The molecule has 1 saturated heterocycles. The normalized spacial score (nSPS) is 43.9. The fourth-order valence-corrected chi connectivity index (χ4v) is 3.15. The van der Waals surface area contributed by atoms with Crippen LogP contribution in [0.25, 0.3) is 0 Å². The van der Waals surface area contributed by atoms with Gasteiger partial charge in [0.15, 0.2) is 0 Å². The van der Waals surface area contributed by atoms with Gasteiger partial charge in [-0.3, -0.25) is 4.79 Å². The van der Waals surface area contributed by atoms with Crippen molar-refractivity contribution >= 4 is 12.1 Å². The molecule has 2 unspecified atom stereocenters. The number of nitrogens with zero attached hydrogens (tertiary/aromatic N) is 1. The molecule has 3 rings (SSSR count). The Labute approximate surface area is 116 Å². The Morgan fingerprint density at radius 2 is 2.35 bits per heavy atom. The molecule has 3 heterocycles. The average Bonchev–Trinajstić information content (AvgIpc) is 2.94. The summed E-state index contributed by atoms with van der Waals surface area (Å²) in [5, 5.41) is 22.6. The first-order chi connectivity index (χ1) is 9.52. The minimum Gasteiger partial charge on any atom is -0.394 e. The SMILES string of the molecule is C[C@H]1[C@@H](O)[C@H](C2C=NC(=O)C3=C2NC(N)C3)O[C@@H]1CO. The summed E-state index contributed by atoms with van der Waals surface area (Å²) in [5.41, 5.74) is 7.10. The molecule has 1 fully saturated rings. The Balaban J connectivity index is 1.87. The van der Waals surface area contributed by atoms with Gasteiger partial charge in [0, 0.05) is 29.8 Å². The molecule has 7 nitrogen and oxygen atoms in total. The molecule has 110 valence electrons. The molecular weight excluding hydrogens is 262 g/mol. The molecule has 3 aliphatic heterocycles. The number of hydrogen-bond donors (Lipinski definition) is 4. The average molecular weight is 281 g/mol. The number of hydrogen-bond acceptors (Lipinski definition) is 6. The van der Waals surface area contributed by atoms with Crippen LogP contribution < -0.4 is 11.1 Å². The van der Waals surface area contributed by atoms with Gasteiger partial charge in [-0.05, 0) is 0 Å². The van der Waals surface area contributed by atoms with E-state index in [1.807, 2.05) is 6.92 Å². The lowest BCUT2D eigenvalue weighted by molar-refractivity contribution is -0.114. The third-order valence-corrected chi connectivity index (χ3v) is 4.36. The number of amides is 1. The number of carbonyl (C=O) groups excluding carboxylic acids is 1. The quantitative estimate of drug-likeness (QED) is 0.489. The minimum atomic E-state index is -0.718. The highest BCUT2D eigenvalue weighted by atomic mass is 16.5. The van der Waals surface area contributed by atoms with Crippen molar-refractivity contribution in [3.63, 3.8) is 0 Å². The zero-order chi connectivity index (χ0) is 14.4. The van der Waals surface area contributed by atoms with Crippen LogP contribution in [0.3, 0.4) is 0 Å². The van der Waals surface area contributed by atoms with E-state index in [4.69, 9.17) is 10.5 Å². The van der Waals surface area contributed by atoms with E-state index in [-0.39, 0.29) is 30.5 Å². The first kappa shape index (κ1) is 13.7. The van der Waals surface area contributed by atoms with Gasteiger partial charge < -0.3 is 26.0 Å². The number of dihydropyridines is 1. The zero-order valence-corrected chi connectivity index (χ0v) is 11.2. The van der Waals surface area contributed by atoms with Crippen LogP contribution in [0, 0.1) is 11.8 Å². The molecule has 0 saturated carbocycles. The predicted octanol–water partition coefficient (Wildman–Crippen LogP) is -1.50. The van der Waals surface area contributed by atoms with Crippen molar-refractivity contribution in [3.8, 4) is 0 Å². The number of nitrogens with two attached hydrogens (primary N) is 1. The summed E-state index contributed by atoms with van der Waals surface area (Å²) >= 11 is 0. The van der Waals surface area contributed by atoms with Crippen molar-refractivity contribution < 1.29 is 19.7 Å². The van der Waals surface area contributed by atoms with Crippen LogP contribution in [0.2, 0.25) is 0 Å². The first-order valence-electron chi connectivity index (χ1n) is 6.81. The second-order valence-electron chi connectivity index (χ2n) is 5.63. The molecule has 20 heavy (non-hydrogen) atoms. The molecule has 0 aromatic rings. The summed E-state index contributed by atoms with van der Waals surface area (Å²) in [5.74, 6) is -0.781. The molecule has 0 aromatic carbocycles. The lowest BCUT2D eigenvalue weighted by atomic mass is 9.88. The third-order valence-electron chi connectivity index (χ3n) is 4.36. The number of aliphatic imine (C=N–C) groups is 1. The van der Waals surface area contributed by atoms with Gasteiger partial charge in [0.1, 0.15) is 0 Å². The first-order valence-corrected chi connectivity index (χ1v) is 6.81. The van der Waals surface area contributed by atoms with Crippen molar-refractivity contribution in [2.45, 2.75) is 37.8 Å². The predicted molar refractivity (Wildman–Crippen MR) is 70.7 cm³/mol. The molecule has 7 heteroatoms. The van der Waals surface area contributed by atoms with Gasteiger partial charge in [-0.25, -0.2) is 4.99 Å². The molecule has 6 atom stereocenters. The Morgan fingerprint density at radius 1 is 1.60 bits per heavy atom. The summed E-state index contributed by atoms with van der Waals surface area (Å²) < 4.78 is 5.74. The smallest absolute Gasteiger partial charge is 0.274 e. The van der Waals surface area contributed by atoms with E-state index in [0.717, 1.165) is 0 Å². The van der Waals surface area contributed by atoms with Crippen LogP contribution in [0.5, 0.6) is 0 Å². The van der Waals surface area contributed by atoms with E-state index < -0.39 is 18.3 Å². The summed E-state index contributed by atoms with van der Waals surface area (Å²) in [6, 6.07) is 0. The Bertz CT molecular complexity index is 490. The van der Waals surface area contributed by atoms with Crippen molar-refractivity contribution in [1.29, 1.82) is 0 Å². The Kier molecular flexibility index (Phi) is 3.37. The van der Waals surface area contributed by atoms with Gasteiger partial charge in [0.25, 0.3) is 5.91 Å². The number of aliphatic hydroxyl groups is 2. The largest absolute Gasteiger partial charge is 0.394 e. The van der Waals surface area contributed by atoms with E-state index in [1.165, 1.54) is 6.21 Å². The maximum atomic E-state index is 11.8. The highest BCUT2D eigenvalue weighted by Crippen LogP contribution is 2.37. The molecule has 0 aromatic heterocycles. The van der Waals surface area contributed by atoms with Crippen LogP contribution in [0.4, 0.5) is 0 Å². The van der Waals surface area contributed by atoms with Crippen LogP contribution in [-0.2, 0) is 9.53 Å². The number of carbonyl (C=O) groups is 1. The van der Waals surface area contributed by atoms with E-state index in [0.29, 0.717) is 17.7 Å². The number of rotatable bonds is 2. The monoisotopic (exact) mass is 281 g/mol.